The number of nitrogens with one attached hydrogen (secondary N) is 1. The van der Waals surface area contributed by atoms with E-state index < -0.39 is 0 Å². The van der Waals surface area contributed by atoms with Gasteiger partial charge in [0.05, 0.1) is 11.7 Å². The normalized spacial score (nSPS) is 31.0. The second-order valence-electron chi connectivity index (χ2n) is 7.83. The molecule has 2 aliphatic heterocycles. The van der Waals surface area contributed by atoms with E-state index in [-0.39, 0.29) is 11.7 Å². The smallest absolute Gasteiger partial charge is 0.244 e. The van der Waals surface area contributed by atoms with Crippen LogP contribution in [0.25, 0.3) is 0 Å². The number of amides is 1. The van der Waals surface area contributed by atoms with Crippen LogP contribution in [0.2, 0.25) is 0 Å². The van der Waals surface area contributed by atoms with Crippen molar-refractivity contribution in [3.05, 3.63) is 0 Å². The standard InChI is InChI=1S/C17H31N3O/c1-13(2)15-18-17(8-4-5-9-17)16(21)20(15)12-14-6-10-19(3)11-7-14/h13-15,18H,4-12H2,1-3H3. The highest BCUT2D eigenvalue weighted by Crippen LogP contribution is 2.38. The van der Waals surface area contributed by atoms with Crippen LogP contribution in [0, 0.1) is 11.8 Å². The van der Waals surface area contributed by atoms with E-state index in [0.717, 1.165) is 19.4 Å². The summed E-state index contributed by atoms with van der Waals surface area (Å²) in [6.45, 7) is 7.79. The fourth-order valence-corrected chi connectivity index (χ4v) is 4.41. The molecule has 4 heteroatoms. The summed E-state index contributed by atoms with van der Waals surface area (Å²) in [4.78, 5) is 17.6. The van der Waals surface area contributed by atoms with Gasteiger partial charge in [0.15, 0.2) is 0 Å². The van der Waals surface area contributed by atoms with Crippen molar-refractivity contribution in [2.75, 3.05) is 26.7 Å². The molecule has 0 radical (unpaired) electrons. The van der Waals surface area contributed by atoms with Crippen LogP contribution in [-0.2, 0) is 4.79 Å². The molecule has 0 bridgehead atoms. The second kappa shape index (κ2) is 5.88. The van der Waals surface area contributed by atoms with Crippen LogP contribution in [0.4, 0.5) is 0 Å². The Morgan fingerprint density at radius 3 is 2.43 bits per heavy atom. The van der Waals surface area contributed by atoms with Crippen molar-refractivity contribution in [1.82, 2.24) is 15.1 Å². The molecule has 0 aromatic rings. The number of hydrogen-bond acceptors (Lipinski definition) is 3. The average molecular weight is 293 g/mol. The van der Waals surface area contributed by atoms with Crippen molar-refractivity contribution < 1.29 is 4.79 Å². The SMILES string of the molecule is CC(C)C1NC2(CCCC2)C(=O)N1CC1CCN(C)CC1. The topological polar surface area (TPSA) is 35.6 Å². The highest BCUT2D eigenvalue weighted by atomic mass is 16.2. The van der Waals surface area contributed by atoms with E-state index in [1.165, 1.54) is 38.8 Å². The first-order valence-corrected chi connectivity index (χ1v) is 8.79. The van der Waals surface area contributed by atoms with Gasteiger partial charge in [-0.3, -0.25) is 10.1 Å². The van der Waals surface area contributed by atoms with Crippen LogP contribution < -0.4 is 5.32 Å². The van der Waals surface area contributed by atoms with Crippen molar-refractivity contribution in [3.63, 3.8) is 0 Å². The second-order valence-corrected chi connectivity index (χ2v) is 7.83. The highest BCUT2D eigenvalue weighted by molar-refractivity contribution is 5.89. The Morgan fingerprint density at radius 1 is 1.24 bits per heavy atom. The molecule has 2 saturated heterocycles. The largest absolute Gasteiger partial charge is 0.325 e. The van der Waals surface area contributed by atoms with Gasteiger partial charge in [0.1, 0.15) is 0 Å². The summed E-state index contributed by atoms with van der Waals surface area (Å²) in [5, 5.41) is 3.73. The molecule has 1 atom stereocenters. The van der Waals surface area contributed by atoms with E-state index in [9.17, 15) is 4.79 Å². The lowest BCUT2D eigenvalue weighted by molar-refractivity contribution is -0.134. The van der Waals surface area contributed by atoms with Crippen LogP contribution in [0.15, 0.2) is 0 Å². The first-order valence-electron chi connectivity index (χ1n) is 8.79. The molecule has 1 spiro atoms. The summed E-state index contributed by atoms with van der Waals surface area (Å²) in [5.74, 6) is 1.57. The highest BCUT2D eigenvalue weighted by Gasteiger charge is 2.53. The van der Waals surface area contributed by atoms with Crippen LogP contribution in [0.1, 0.15) is 52.4 Å². The summed E-state index contributed by atoms with van der Waals surface area (Å²) in [6, 6.07) is 0. The number of nitrogens with zero attached hydrogens (tertiary/aromatic N) is 2. The molecule has 3 fully saturated rings. The first kappa shape index (κ1) is 15.3. The van der Waals surface area contributed by atoms with E-state index in [1.807, 2.05) is 0 Å². The minimum atomic E-state index is -0.208. The maximum atomic E-state index is 13.0. The molecule has 1 N–H and O–H groups in total. The average Bonchev–Trinajstić information content (AvgIpc) is 3.03. The van der Waals surface area contributed by atoms with Crippen molar-refractivity contribution in [2.45, 2.75) is 64.1 Å². The van der Waals surface area contributed by atoms with Gasteiger partial charge in [0, 0.05) is 6.54 Å². The Balaban J connectivity index is 1.70. The zero-order chi connectivity index (χ0) is 15.0. The predicted molar refractivity (Wildman–Crippen MR) is 84.9 cm³/mol. The van der Waals surface area contributed by atoms with E-state index in [1.54, 1.807) is 0 Å². The third-order valence-corrected chi connectivity index (χ3v) is 5.81. The number of rotatable bonds is 3. The monoisotopic (exact) mass is 293 g/mol. The van der Waals surface area contributed by atoms with E-state index in [0.29, 0.717) is 17.7 Å². The molecule has 3 rings (SSSR count). The molecular formula is C17H31N3O. The third-order valence-electron chi connectivity index (χ3n) is 5.81. The summed E-state index contributed by atoms with van der Waals surface area (Å²) in [5.41, 5.74) is -0.208. The number of likely N-dealkylation sites (tertiary alicyclic amines) is 1. The number of piperidine rings is 1. The third kappa shape index (κ3) is 2.85. The molecule has 1 aliphatic carbocycles. The van der Waals surface area contributed by atoms with Crippen LogP contribution in [0.3, 0.4) is 0 Å². The number of hydrogen-bond donors (Lipinski definition) is 1. The molecule has 120 valence electrons. The Morgan fingerprint density at radius 2 is 1.86 bits per heavy atom. The Kier molecular flexibility index (Phi) is 4.28. The minimum absolute atomic E-state index is 0.208. The lowest BCUT2D eigenvalue weighted by Gasteiger charge is -2.34. The van der Waals surface area contributed by atoms with E-state index in [4.69, 9.17) is 0 Å². The van der Waals surface area contributed by atoms with Gasteiger partial charge in [-0.2, -0.15) is 0 Å². The van der Waals surface area contributed by atoms with Gasteiger partial charge < -0.3 is 9.80 Å². The summed E-state index contributed by atoms with van der Waals surface area (Å²) < 4.78 is 0. The van der Waals surface area contributed by atoms with Gasteiger partial charge in [-0.05, 0) is 57.7 Å². The lowest BCUT2D eigenvalue weighted by atomic mass is 9.94. The van der Waals surface area contributed by atoms with Gasteiger partial charge >= 0.3 is 0 Å². The quantitative estimate of drug-likeness (QED) is 0.865. The fraction of sp³-hybridized carbons (Fsp3) is 0.941. The van der Waals surface area contributed by atoms with Crippen molar-refractivity contribution in [3.8, 4) is 0 Å². The maximum Gasteiger partial charge on any atom is 0.244 e. The Bertz CT molecular complexity index is 381. The molecule has 21 heavy (non-hydrogen) atoms. The molecule has 2 heterocycles. The van der Waals surface area contributed by atoms with Crippen LogP contribution in [-0.4, -0.2) is 54.1 Å². The summed E-state index contributed by atoms with van der Waals surface area (Å²) in [6.07, 6.45) is 7.20. The summed E-state index contributed by atoms with van der Waals surface area (Å²) >= 11 is 0. The number of carbonyl (C=O) groups excluding carboxylic acids is 1. The van der Waals surface area contributed by atoms with E-state index in [2.05, 4.69) is 36.0 Å². The molecule has 0 aromatic carbocycles. The molecular weight excluding hydrogens is 262 g/mol. The molecule has 1 saturated carbocycles. The van der Waals surface area contributed by atoms with Crippen molar-refractivity contribution in [1.29, 1.82) is 0 Å². The summed E-state index contributed by atoms with van der Waals surface area (Å²) in [7, 11) is 2.20. The fourth-order valence-electron chi connectivity index (χ4n) is 4.41. The van der Waals surface area contributed by atoms with Crippen LogP contribution >= 0.6 is 0 Å². The maximum absolute atomic E-state index is 13.0. The van der Waals surface area contributed by atoms with Gasteiger partial charge in [-0.25, -0.2) is 0 Å². The van der Waals surface area contributed by atoms with Gasteiger partial charge in [0.25, 0.3) is 0 Å². The van der Waals surface area contributed by atoms with Crippen LogP contribution in [0.5, 0.6) is 0 Å². The molecule has 1 unspecified atom stereocenters. The van der Waals surface area contributed by atoms with Gasteiger partial charge in [-0.1, -0.05) is 26.7 Å². The molecule has 4 nitrogen and oxygen atoms in total. The van der Waals surface area contributed by atoms with Crippen molar-refractivity contribution in [2.24, 2.45) is 11.8 Å². The molecule has 0 aromatic heterocycles. The molecule has 1 amide bonds. The Hall–Kier alpha value is -0.610. The predicted octanol–water partition coefficient (Wildman–Crippen LogP) is 2.05. The van der Waals surface area contributed by atoms with Gasteiger partial charge in [0.2, 0.25) is 5.91 Å². The first-order chi connectivity index (χ1) is 10.0. The van der Waals surface area contributed by atoms with Gasteiger partial charge in [-0.15, -0.1) is 0 Å². The van der Waals surface area contributed by atoms with Crippen molar-refractivity contribution >= 4 is 5.91 Å². The lowest BCUT2D eigenvalue weighted by Crippen LogP contribution is -2.46. The number of carbonyl (C=O) groups is 1. The molecule has 3 aliphatic rings. The zero-order valence-corrected chi connectivity index (χ0v) is 13.9. The van der Waals surface area contributed by atoms with E-state index >= 15 is 0 Å². The zero-order valence-electron chi connectivity index (χ0n) is 13.9. The minimum Gasteiger partial charge on any atom is -0.325 e. The Labute approximate surface area is 129 Å².